The molecular weight excluding hydrogens is 434 g/mol. The molecule has 1 aromatic heterocycles. The first kappa shape index (κ1) is 23.0. The Morgan fingerprint density at radius 2 is 1.56 bits per heavy atom. The number of ether oxygens (including phenoxy) is 1. The second-order valence-electron chi connectivity index (χ2n) is 8.11. The zero-order valence-electron chi connectivity index (χ0n) is 18.6. The lowest BCUT2D eigenvalue weighted by molar-refractivity contribution is -0.140. The number of amides is 2. The highest BCUT2D eigenvalue weighted by atomic mass is 16.5. The number of carbonyl (C=O) groups excluding carboxylic acids is 2. The van der Waals surface area contributed by atoms with Crippen molar-refractivity contribution in [1.82, 2.24) is 15.6 Å². The fraction of sp³-hybridized carbons (Fsp3) is 0.231. The van der Waals surface area contributed by atoms with Gasteiger partial charge in [-0.3, -0.25) is 14.6 Å². The van der Waals surface area contributed by atoms with E-state index in [-0.39, 0.29) is 12.5 Å². The number of nitrogens with zero attached hydrogens (tertiary/aromatic N) is 1. The van der Waals surface area contributed by atoms with Crippen molar-refractivity contribution in [3.8, 4) is 11.1 Å². The van der Waals surface area contributed by atoms with Crippen molar-refractivity contribution in [2.24, 2.45) is 0 Å². The van der Waals surface area contributed by atoms with Crippen LogP contribution in [0.15, 0.2) is 72.9 Å². The summed E-state index contributed by atoms with van der Waals surface area (Å²) in [5, 5.41) is 14.3. The van der Waals surface area contributed by atoms with Crippen molar-refractivity contribution < 1.29 is 24.2 Å². The van der Waals surface area contributed by atoms with Gasteiger partial charge in [-0.1, -0.05) is 54.6 Å². The summed E-state index contributed by atoms with van der Waals surface area (Å²) >= 11 is 0. The smallest absolute Gasteiger partial charge is 0.407 e. The molecule has 174 valence electrons. The number of nitrogens with one attached hydrogen (secondary N) is 2. The molecule has 34 heavy (non-hydrogen) atoms. The van der Waals surface area contributed by atoms with Gasteiger partial charge in [-0.2, -0.15) is 0 Å². The third-order valence-corrected chi connectivity index (χ3v) is 5.82. The highest BCUT2D eigenvalue weighted by Crippen LogP contribution is 2.44. The molecule has 3 aromatic rings. The lowest BCUT2D eigenvalue weighted by atomic mass is 9.98. The number of aromatic nitrogens is 1. The van der Waals surface area contributed by atoms with Crippen molar-refractivity contribution >= 4 is 18.0 Å². The first-order chi connectivity index (χ1) is 16.4. The fourth-order valence-electron chi connectivity index (χ4n) is 4.19. The zero-order valence-corrected chi connectivity index (χ0v) is 18.6. The summed E-state index contributed by atoms with van der Waals surface area (Å²) in [7, 11) is 0. The van der Waals surface area contributed by atoms with Gasteiger partial charge in [0, 0.05) is 12.1 Å². The van der Waals surface area contributed by atoms with E-state index in [0.29, 0.717) is 5.69 Å². The van der Waals surface area contributed by atoms with Crippen LogP contribution in [0.3, 0.4) is 0 Å². The second kappa shape index (κ2) is 10.2. The third kappa shape index (κ3) is 5.06. The Morgan fingerprint density at radius 3 is 2.15 bits per heavy atom. The van der Waals surface area contributed by atoms with Crippen molar-refractivity contribution in [2.45, 2.75) is 31.3 Å². The Labute approximate surface area is 197 Å². The number of fused-ring (bicyclic) bond motifs is 3. The van der Waals surface area contributed by atoms with E-state index < -0.39 is 36.5 Å². The minimum absolute atomic E-state index is 0.0611. The average Bonchev–Trinajstić information content (AvgIpc) is 3.16. The topological polar surface area (TPSA) is 118 Å². The van der Waals surface area contributed by atoms with Gasteiger partial charge in [-0.05, 0) is 41.3 Å². The largest absolute Gasteiger partial charge is 0.481 e. The summed E-state index contributed by atoms with van der Waals surface area (Å²) < 4.78 is 5.46. The van der Waals surface area contributed by atoms with E-state index >= 15 is 0 Å². The van der Waals surface area contributed by atoms with Crippen LogP contribution in [-0.4, -0.2) is 40.7 Å². The Morgan fingerprint density at radius 1 is 0.941 bits per heavy atom. The molecule has 2 amide bonds. The van der Waals surface area contributed by atoms with Crippen molar-refractivity contribution in [3.05, 3.63) is 89.7 Å². The summed E-state index contributed by atoms with van der Waals surface area (Å²) in [4.78, 5) is 40.8. The number of benzene rings is 2. The number of carbonyl (C=O) groups is 3. The molecule has 1 unspecified atom stereocenters. The van der Waals surface area contributed by atoms with E-state index in [1.807, 2.05) is 48.5 Å². The van der Waals surface area contributed by atoms with Gasteiger partial charge in [0.25, 0.3) is 0 Å². The number of carboxylic acids is 1. The predicted molar refractivity (Wildman–Crippen MR) is 125 cm³/mol. The number of carboxylic acid groups (broad SMARTS) is 1. The highest BCUT2D eigenvalue weighted by molar-refractivity contribution is 5.89. The maximum absolute atomic E-state index is 12.7. The van der Waals surface area contributed by atoms with Crippen LogP contribution in [0, 0.1) is 0 Å². The van der Waals surface area contributed by atoms with E-state index in [0.717, 1.165) is 22.3 Å². The first-order valence-corrected chi connectivity index (χ1v) is 11.0. The quantitative estimate of drug-likeness (QED) is 0.473. The van der Waals surface area contributed by atoms with Gasteiger partial charge >= 0.3 is 12.1 Å². The van der Waals surface area contributed by atoms with Crippen LogP contribution in [0.5, 0.6) is 0 Å². The van der Waals surface area contributed by atoms with E-state index in [1.165, 1.54) is 0 Å². The van der Waals surface area contributed by atoms with E-state index in [1.54, 1.807) is 31.3 Å². The average molecular weight is 460 g/mol. The fourth-order valence-corrected chi connectivity index (χ4v) is 4.19. The van der Waals surface area contributed by atoms with Crippen LogP contribution in [0.1, 0.15) is 42.1 Å². The summed E-state index contributed by atoms with van der Waals surface area (Å²) in [6.07, 6.45) is 0.167. The molecule has 0 fully saturated rings. The van der Waals surface area contributed by atoms with Crippen molar-refractivity contribution in [2.75, 3.05) is 6.61 Å². The number of hydrogen-bond donors (Lipinski definition) is 3. The minimum atomic E-state index is -1.29. The van der Waals surface area contributed by atoms with Gasteiger partial charge in [0.05, 0.1) is 18.2 Å². The molecule has 0 saturated carbocycles. The summed E-state index contributed by atoms with van der Waals surface area (Å²) in [6, 6.07) is 19.4. The summed E-state index contributed by atoms with van der Waals surface area (Å²) in [5.41, 5.74) is 4.92. The van der Waals surface area contributed by atoms with Gasteiger partial charge in [-0.15, -0.1) is 0 Å². The Hall–Kier alpha value is -4.20. The van der Waals surface area contributed by atoms with E-state index in [2.05, 4.69) is 15.6 Å². The highest BCUT2D eigenvalue weighted by Gasteiger charge is 2.30. The molecule has 2 aromatic carbocycles. The molecule has 0 radical (unpaired) electrons. The van der Waals surface area contributed by atoms with Crippen molar-refractivity contribution in [1.29, 1.82) is 0 Å². The molecule has 0 spiro atoms. The van der Waals surface area contributed by atoms with Crippen LogP contribution in [0.25, 0.3) is 11.1 Å². The number of rotatable bonds is 8. The van der Waals surface area contributed by atoms with Crippen LogP contribution in [0.4, 0.5) is 4.79 Å². The van der Waals surface area contributed by atoms with Gasteiger partial charge in [0.2, 0.25) is 5.91 Å². The van der Waals surface area contributed by atoms with Crippen LogP contribution in [0.2, 0.25) is 0 Å². The molecule has 3 N–H and O–H groups in total. The first-order valence-electron chi connectivity index (χ1n) is 11.0. The number of pyridine rings is 1. The molecule has 0 saturated heterocycles. The number of alkyl carbamates (subject to hydrolysis) is 1. The van der Waals surface area contributed by atoms with Crippen LogP contribution >= 0.6 is 0 Å². The molecule has 1 aliphatic rings. The SMILES string of the molecule is C[C@H](NC(=O)C(CC(=O)O)NC(=O)OCC1c2ccccc2-c2ccccc21)c1ccccn1. The Balaban J connectivity index is 1.41. The molecule has 0 bridgehead atoms. The molecule has 0 aliphatic heterocycles. The number of aliphatic carboxylic acids is 1. The Bertz CT molecular complexity index is 1150. The molecule has 1 aliphatic carbocycles. The van der Waals surface area contributed by atoms with Gasteiger partial charge in [-0.25, -0.2) is 4.79 Å². The maximum atomic E-state index is 12.7. The molecule has 4 rings (SSSR count). The Kier molecular flexibility index (Phi) is 6.87. The standard InChI is InChI=1S/C26H25N3O5/c1-16(22-12-6-7-13-27-22)28-25(32)23(14-24(30)31)29-26(33)34-15-21-19-10-4-2-8-17(19)18-9-3-5-11-20(18)21/h2-13,16,21,23H,14-15H2,1H3,(H,28,32)(H,29,33)(H,30,31)/t16-,23?/m0/s1. The molecule has 1 heterocycles. The van der Waals surface area contributed by atoms with Crippen LogP contribution < -0.4 is 10.6 Å². The summed E-state index contributed by atoms with van der Waals surface area (Å²) in [5.74, 6) is -1.99. The lowest BCUT2D eigenvalue weighted by Gasteiger charge is -2.21. The van der Waals surface area contributed by atoms with Gasteiger partial charge in [0.1, 0.15) is 12.6 Å². The molecule has 8 nitrogen and oxygen atoms in total. The molecule has 2 atom stereocenters. The van der Waals surface area contributed by atoms with Gasteiger partial charge < -0.3 is 20.5 Å². The zero-order chi connectivity index (χ0) is 24.1. The lowest BCUT2D eigenvalue weighted by Crippen LogP contribution is -2.48. The van der Waals surface area contributed by atoms with E-state index in [9.17, 15) is 19.5 Å². The van der Waals surface area contributed by atoms with Crippen molar-refractivity contribution in [3.63, 3.8) is 0 Å². The molecular formula is C26H25N3O5. The third-order valence-electron chi connectivity index (χ3n) is 5.82. The predicted octanol–water partition coefficient (Wildman–Crippen LogP) is 3.64. The maximum Gasteiger partial charge on any atom is 0.407 e. The second-order valence-corrected chi connectivity index (χ2v) is 8.11. The minimum Gasteiger partial charge on any atom is -0.481 e. The summed E-state index contributed by atoms with van der Waals surface area (Å²) in [6.45, 7) is 1.79. The monoisotopic (exact) mass is 459 g/mol. The van der Waals surface area contributed by atoms with Gasteiger partial charge in [0.15, 0.2) is 0 Å². The van der Waals surface area contributed by atoms with E-state index in [4.69, 9.17) is 4.74 Å². The number of hydrogen-bond acceptors (Lipinski definition) is 5. The molecule has 8 heteroatoms. The normalized spacial score (nSPS) is 13.8. The van der Waals surface area contributed by atoms with Crippen LogP contribution in [-0.2, 0) is 14.3 Å².